The molecule has 5 heteroatoms. The summed E-state index contributed by atoms with van der Waals surface area (Å²) < 4.78 is 0. The first-order chi connectivity index (χ1) is 13.3. The Hall–Kier alpha value is -2.69. The molecule has 0 saturated carbocycles. The molecule has 2 amide bonds. The quantitative estimate of drug-likeness (QED) is 0.720. The van der Waals surface area contributed by atoms with Crippen molar-refractivity contribution >= 4 is 17.5 Å². The molecule has 28 heavy (non-hydrogen) atoms. The van der Waals surface area contributed by atoms with E-state index in [1.54, 1.807) is 17.3 Å². The minimum absolute atomic E-state index is 0.0536. The number of anilines is 1. The number of nitrogens with zero attached hydrogens (tertiary/aromatic N) is 2. The summed E-state index contributed by atoms with van der Waals surface area (Å²) in [5.74, 6) is 0.496. The van der Waals surface area contributed by atoms with Crippen LogP contribution in [0.15, 0.2) is 42.7 Å². The van der Waals surface area contributed by atoms with Gasteiger partial charge in [0, 0.05) is 44.5 Å². The van der Waals surface area contributed by atoms with Crippen molar-refractivity contribution in [3.63, 3.8) is 0 Å². The largest absolute Gasteiger partial charge is 0.338 e. The molecule has 5 nitrogen and oxygen atoms in total. The van der Waals surface area contributed by atoms with E-state index in [0.29, 0.717) is 24.9 Å². The lowest BCUT2D eigenvalue weighted by atomic mass is 9.92. The minimum Gasteiger partial charge on any atom is -0.338 e. The highest BCUT2D eigenvalue weighted by Crippen LogP contribution is 2.32. The molecule has 0 bridgehead atoms. The van der Waals surface area contributed by atoms with Crippen LogP contribution in [0, 0.1) is 0 Å². The van der Waals surface area contributed by atoms with E-state index in [1.807, 2.05) is 18.2 Å². The average Bonchev–Trinajstić information content (AvgIpc) is 2.65. The highest BCUT2D eigenvalue weighted by atomic mass is 16.2. The lowest BCUT2D eigenvalue weighted by molar-refractivity contribution is -0.129. The van der Waals surface area contributed by atoms with E-state index in [2.05, 4.69) is 50.1 Å². The average molecular weight is 382 g/mol. The zero-order valence-electron chi connectivity index (χ0n) is 17.5. The Morgan fingerprint density at radius 1 is 1.04 bits per heavy atom. The Morgan fingerprint density at radius 2 is 1.68 bits per heavy atom. The molecule has 0 unspecified atom stereocenters. The van der Waals surface area contributed by atoms with Crippen molar-refractivity contribution < 1.29 is 9.59 Å². The number of rotatable bonds is 8. The third kappa shape index (κ3) is 5.91. The molecule has 150 valence electrons. The van der Waals surface area contributed by atoms with E-state index >= 15 is 0 Å². The maximum atomic E-state index is 12.7. The SMILES string of the molecule is CC(=O)N(CCC(=O)Nc1c(C(C)C)cccc1C(C)C)Cc1cccnc1. The Bertz CT molecular complexity index is 774. The van der Waals surface area contributed by atoms with Crippen molar-refractivity contribution in [3.05, 3.63) is 59.4 Å². The maximum absolute atomic E-state index is 12.7. The second-order valence-electron chi connectivity index (χ2n) is 7.72. The zero-order valence-corrected chi connectivity index (χ0v) is 17.5. The van der Waals surface area contributed by atoms with Gasteiger partial charge in [0.25, 0.3) is 0 Å². The van der Waals surface area contributed by atoms with Crippen molar-refractivity contribution in [2.45, 2.75) is 59.4 Å². The molecule has 2 rings (SSSR count). The number of carbonyl (C=O) groups excluding carboxylic acids is 2. The molecule has 0 saturated heterocycles. The van der Waals surface area contributed by atoms with Crippen molar-refractivity contribution in [1.29, 1.82) is 0 Å². The lowest BCUT2D eigenvalue weighted by Gasteiger charge is -2.22. The smallest absolute Gasteiger partial charge is 0.226 e. The first-order valence-electron chi connectivity index (χ1n) is 9.86. The molecule has 0 radical (unpaired) electrons. The molecule has 2 aromatic rings. The normalized spacial score (nSPS) is 11.0. The van der Waals surface area contributed by atoms with Crippen LogP contribution in [0.1, 0.15) is 69.6 Å². The molecular formula is C23H31N3O2. The van der Waals surface area contributed by atoms with Gasteiger partial charge in [0.2, 0.25) is 11.8 Å². The number of para-hydroxylation sites is 1. The maximum Gasteiger partial charge on any atom is 0.226 e. The first-order valence-corrected chi connectivity index (χ1v) is 9.86. The van der Waals surface area contributed by atoms with Crippen LogP contribution in [0.25, 0.3) is 0 Å². The molecule has 0 aliphatic carbocycles. The van der Waals surface area contributed by atoms with Gasteiger partial charge in [-0.05, 0) is 34.6 Å². The molecule has 0 spiro atoms. The van der Waals surface area contributed by atoms with Gasteiger partial charge in [-0.2, -0.15) is 0 Å². The van der Waals surface area contributed by atoms with Gasteiger partial charge < -0.3 is 10.2 Å². The van der Waals surface area contributed by atoms with Crippen LogP contribution in [0.5, 0.6) is 0 Å². The number of amides is 2. The first kappa shape index (κ1) is 21.6. The van der Waals surface area contributed by atoms with Crippen molar-refractivity contribution in [2.75, 3.05) is 11.9 Å². The van der Waals surface area contributed by atoms with E-state index in [-0.39, 0.29) is 18.2 Å². The summed E-state index contributed by atoms with van der Waals surface area (Å²) in [7, 11) is 0. The van der Waals surface area contributed by atoms with E-state index in [4.69, 9.17) is 0 Å². The highest BCUT2D eigenvalue weighted by Gasteiger charge is 2.17. The van der Waals surface area contributed by atoms with Crippen molar-refractivity contribution in [3.8, 4) is 0 Å². The van der Waals surface area contributed by atoms with Gasteiger partial charge in [-0.25, -0.2) is 0 Å². The Labute approximate surface area is 168 Å². The van der Waals surface area contributed by atoms with Crippen LogP contribution in [-0.4, -0.2) is 28.2 Å². The summed E-state index contributed by atoms with van der Waals surface area (Å²) in [6.07, 6.45) is 3.70. The third-order valence-corrected chi connectivity index (χ3v) is 4.79. The van der Waals surface area contributed by atoms with E-state index in [9.17, 15) is 9.59 Å². The molecule has 0 aliphatic heterocycles. The van der Waals surface area contributed by atoms with Gasteiger partial charge in [-0.15, -0.1) is 0 Å². The van der Waals surface area contributed by atoms with Gasteiger partial charge >= 0.3 is 0 Å². The van der Waals surface area contributed by atoms with Gasteiger partial charge in [0.15, 0.2) is 0 Å². The molecule has 0 atom stereocenters. The summed E-state index contributed by atoms with van der Waals surface area (Å²) in [6, 6.07) is 9.95. The highest BCUT2D eigenvalue weighted by molar-refractivity contribution is 5.93. The number of aromatic nitrogens is 1. The Balaban J connectivity index is 2.08. The molecular weight excluding hydrogens is 350 g/mol. The van der Waals surface area contributed by atoms with Gasteiger partial charge in [-0.3, -0.25) is 14.6 Å². The molecule has 1 aromatic carbocycles. The van der Waals surface area contributed by atoms with Crippen molar-refractivity contribution in [2.24, 2.45) is 0 Å². The topological polar surface area (TPSA) is 62.3 Å². The summed E-state index contributed by atoms with van der Waals surface area (Å²) in [5.41, 5.74) is 4.14. The molecule has 1 aromatic heterocycles. The van der Waals surface area contributed by atoms with E-state index < -0.39 is 0 Å². The second-order valence-corrected chi connectivity index (χ2v) is 7.72. The van der Waals surface area contributed by atoms with E-state index in [1.165, 1.54) is 6.92 Å². The zero-order chi connectivity index (χ0) is 20.7. The van der Waals surface area contributed by atoms with Crippen LogP contribution in [0.2, 0.25) is 0 Å². The fourth-order valence-electron chi connectivity index (χ4n) is 3.19. The number of pyridine rings is 1. The standard InChI is InChI=1S/C23H31N3O2/c1-16(2)20-9-6-10-21(17(3)4)23(20)25-22(28)11-13-26(18(5)27)15-19-8-7-12-24-14-19/h6-10,12,14,16-17H,11,13,15H2,1-5H3,(H,25,28). The van der Waals surface area contributed by atoms with Crippen LogP contribution in [-0.2, 0) is 16.1 Å². The van der Waals surface area contributed by atoms with Crippen LogP contribution >= 0.6 is 0 Å². The summed E-state index contributed by atoms with van der Waals surface area (Å²) >= 11 is 0. The van der Waals surface area contributed by atoms with Crippen LogP contribution in [0.4, 0.5) is 5.69 Å². The second kappa shape index (κ2) is 10.0. The number of hydrogen-bond donors (Lipinski definition) is 1. The van der Waals surface area contributed by atoms with Gasteiger partial charge in [0.05, 0.1) is 0 Å². The van der Waals surface area contributed by atoms with Crippen LogP contribution in [0.3, 0.4) is 0 Å². The Kier molecular flexibility index (Phi) is 7.73. The summed E-state index contributed by atoms with van der Waals surface area (Å²) in [4.78, 5) is 30.4. The Morgan fingerprint density at radius 3 is 2.18 bits per heavy atom. The van der Waals surface area contributed by atoms with Gasteiger partial charge in [0.1, 0.15) is 0 Å². The summed E-state index contributed by atoms with van der Waals surface area (Å²) in [5, 5.41) is 3.11. The number of hydrogen-bond acceptors (Lipinski definition) is 3. The minimum atomic E-state index is -0.0764. The van der Waals surface area contributed by atoms with Crippen LogP contribution < -0.4 is 5.32 Å². The lowest BCUT2D eigenvalue weighted by Crippen LogP contribution is -2.31. The fourth-order valence-corrected chi connectivity index (χ4v) is 3.19. The van der Waals surface area contributed by atoms with Gasteiger partial charge in [-0.1, -0.05) is 52.0 Å². The van der Waals surface area contributed by atoms with E-state index in [0.717, 1.165) is 22.4 Å². The van der Waals surface area contributed by atoms with Crippen molar-refractivity contribution in [1.82, 2.24) is 9.88 Å². The number of nitrogens with one attached hydrogen (secondary N) is 1. The number of carbonyl (C=O) groups is 2. The summed E-state index contributed by atoms with van der Waals surface area (Å²) in [6.45, 7) is 10.9. The molecule has 0 aliphatic rings. The fraction of sp³-hybridized carbons (Fsp3) is 0.435. The predicted molar refractivity (Wildman–Crippen MR) is 113 cm³/mol. The molecule has 1 heterocycles. The molecule has 1 N–H and O–H groups in total. The predicted octanol–water partition coefficient (Wildman–Crippen LogP) is 4.71. The molecule has 0 fully saturated rings. The number of benzene rings is 1. The monoisotopic (exact) mass is 381 g/mol. The third-order valence-electron chi connectivity index (χ3n) is 4.79.